The van der Waals surface area contributed by atoms with E-state index in [2.05, 4.69) is 128 Å². The minimum atomic E-state index is -1.25. The SMILES string of the molecule is CCn1nc(C)cc1/C(OC(C)OC(=O)C1CC1)=C(\C#N)c1ccc(C(C)(C)C)cc1.CCn1nc(C)cc1/C(OC(C)OC(=O)C1CCCCC1)=C(\C#N)c1ccc(C(C)(C)C)cc1.CCn1nc(C)cc1/C(OC(C)OC(=O)CF)=C(\C#N)c1ccc(C(C)(C)C)cc1.CCn1nc(C)cc1/C(OC(C)OC(=O)CSC)=C(\C#N)c1ccc(C(C)(C)C)cc1. The topological polar surface area (TPSA) is 309 Å². The molecule has 4 aromatic carbocycles. The minimum absolute atomic E-state index is 0.00628. The van der Waals surface area contributed by atoms with E-state index in [1.165, 1.54) is 41.8 Å². The van der Waals surface area contributed by atoms with Crippen molar-refractivity contribution in [3.63, 3.8) is 0 Å². The number of nitriles is 4. The van der Waals surface area contributed by atoms with Gasteiger partial charge in [-0.25, -0.2) is 9.18 Å². The third-order valence-corrected chi connectivity index (χ3v) is 21.3. The average Bonchev–Trinajstić information content (AvgIpc) is 1.57. The van der Waals surface area contributed by atoms with Crippen LogP contribution in [0.3, 0.4) is 0 Å². The van der Waals surface area contributed by atoms with E-state index in [0.717, 1.165) is 83.6 Å². The second-order valence-electron chi connectivity index (χ2n) is 35.3. The number of hydrogen-bond donors (Lipinski definition) is 0. The van der Waals surface area contributed by atoms with E-state index >= 15 is 0 Å². The number of rotatable bonds is 29. The van der Waals surface area contributed by atoms with E-state index in [0.29, 0.717) is 88.5 Å². The van der Waals surface area contributed by atoms with Gasteiger partial charge in [0.15, 0.2) is 29.7 Å². The summed E-state index contributed by atoms with van der Waals surface area (Å²) in [4.78, 5) is 48.0. The van der Waals surface area contributed by atoms with Gasteiger partial charge in [-0.2, -0.15) is 53.2 Å². The van der Waals surface area contributed by atoms with Crippen LogP contribution in [0.4, 0.5) is 4.39 Å². The average molecular weight is 1740 g/mol. The van der Waals surface area contributed by atoms with Crippen LogP contribution in [-0.4, -0.2) is 107 Å². The number of thioether (sulfide) groups is 1. The third-order valence-electron chi connectivity index (χ3n) is 20.8. The summed E-state index contributed by atoms with van der Waals surface area (Å²) in [6.07, 6.45) is 4.96. The van der Waals surface area contributed by atoms with E-state index in [-0.39, 0.29) is 68.5 Å². The van der Waals surface area contributed by atoms with E-state index < -0.39 is 37.8 Å². The largest absolute Gasteiger partial charge is 0.451 e. The molecule has 4 aromatic heterocycles. The smallest absolute Gasteiger partial charge is 0.340 e. The number of halogens is 1. The van der Waals surface area contributed by atoms with Gasteiger partial charge in [0.25, 0.3) is 0 Å². The molecular weight excluding hydrogens is 1610 g/mol. The predicted molar refractivity (Wildman–Crippen MR) is 491 cm³/mol. The Bertz CT molecular complexity index is 5350. The highest BCUT2D eigenvalue weighted by atomic mass is 32.2. The molecule has 0 spiro atoms. The molecular formula is C100H127FN12O12S. The number of alkyl halides is 1. The summed E-state index contributed by atoms with van der Waals surface area (Å²) in [6, 6.07) is 48.0. The van der Waals surface area contributed by atoms with Crippen LogP contribution in [0.2, 0.25) is 0 Å². The second-order valence-corrected chi connectivity index (χ2v) is 36.2. The van der Waals surface area contributed by atoms with Gasteiger partial charge in [-0.05, 0) is 178 Å². The number of esters is 4. The van der Waals surface area contributed by atoms with Crippen LogP contribution in [0, 0.1) is 84.9 Å². The van der Waals surface area contributed by atoms with Gasteiger partial charge in [0, 0.05) is 53.9 Å². The number of aryl methyl sites for hydroxylation is 8. The van der Waals surface area contributed by atoms with Crippen LogP contribution in [-0.2, 0) is 105 Å². The van der Waals surface area contributed by atoms with Crippen LogP contribution >= 0.6 is 11.8 Å². The molecule has 2 aliphatic rings. The molecule has 2 aliphatic carbocycles. The lowest BCUT2D eigenvalue weighted by Gasteiger charge is -2.24. The number of carbonyl (C=O) groups excluding carboxylic acids is 4. The molecule has 0 amide bonds. The summed E-state index contributed by atoms with van der Waals surface area (Å²) in [5, 5.41) is 58.2. The summed E-state index contributed by atoms with van der Waals surface area (Å²) >= 11 is 1.38. The summed E-state index contributed by atoms with van der Waals surface area (Å²) in [5.41, 5.74) is 14.8. The molecule has 0 radical (unpaired) electrons. The molecule has 24 nitrogen and oxygen atoms in total. The number of nitrogens with zero attached hydrogens (tertiary/aromatic N) is 12. The fraction of sp³-hybridized carbons (Fsp3) is 0.480. The maximum atomic E-state index is 12.7. The zero-order valence-electron chi connectivity index (χ0n) is 78.3. The first-order valence-electron chi connectivity index (χ1n) is 43.2. The van der Waals surface area contributed by atoms with Gasteiger partial charge in [-0.15, -0.1) is 0 Å². The summed E-state index contributed by atoms with van der Waals surface area (Å²) in [6.45, 7) is 48.7. The number of ether oxygens (including phenoxy) is 8. The third kappa shape index (κ3) is 28.5. The maximum absolute atomic E-state index is 12.7. The van der Waals surface area contributed by atoms with Crippen LogP contribution in [0.5, 0.6) is 0 Å². The molecule has 8 aromatic rings. The van der Waals surface area contributed by atoms with Crippen molar-refractivity contribution in [2.24, 2.45) is 11.8 Å². The molecule has 126 heavy (non-hydrogen) atoms. The Morgan fingerprint density at radius 1 is 0.381 bits per heavy atom. The van der Waals surface area contributed by atoms with Gasteiger partial charge in [0.05, 0.1) is 40.4 Å². The van der Waals surface area contributed by atoms with Crippen LogP contribution < -0.4 is 0 Å². The molecule has 4 atom stereocenters. The normalized spacial score (nSPS) is 14.7. The lowest BCUT2D eigenvalue weighted by Crippen LogP contribution is -2.26. The van der Waals surface area contributed by atoms with Gasteiger partial charge in [-0.1, -0.05) is 199 Å². The van der Waals surface area contributed by atoms with Crippen molar-refractivity contribution in [1.29, 1.82) is 21.0 Å². The molecule has 672 valence electrons. The van der Waals surface area contributed by atoms with E-state index in [1.54, 1.807) is 45.6 Å². The first kappa shape index (κ1) is 101. The van der Waals surface area contributed by atoms with Crippen molar-refractivity contribution in [1.82, 2.24) is 39.1 Å². The van der Waals surface area contributed by atoms with E-state index in [1.807, 2.05) is 177 Å². The standard InChI is InChI=1S/C28H37N3O3.C25H31N3O3.C24H31N3O3S.C23H28FN3O3/c1-7-31-25(17-19(2)30-31)26(33-20(3)34-27(32)22-11-9-8-10-12-22)24(18-29)21-13-15-23(16-14-21)28(4,5)6;1-7-28-22(14-16(2)27-28)23(30-17(3)31-24(29)19-8-9-19)21(15-26)18-10-12-20(13-11-18)25(4,5)6;1-8-27-21(13-16(2)26-27)23(30-17(3)29-22(28)15-31-7)20(14-25)18-9-11-19(12-10-18)24(4,5)6;1-7-27-20(12-15(2)26-27)22(30-16(3)29-21(28)13-24)19(14-25)17-8-10-18(11-9-17)23(4,5)6/h13-17,20,22H,7-12H2,1-6H3;10-14,17,19H,7-9H2,1-6H3;9-13,17H,8,15H2,1-7H3;8-12,16H,7,13H2,1-6H3/b26-24-;23-21-;23-20-;22-19-. The highest BCUT2D eigenvalue weighted by Crippen LogP contribution is 2.39. The molecule has 0 N–H and O–H groups in total. The van der Waals surface area contributed by atoms with Gasteiger partial charge < -0.3 is 37.9 Å². The zero-order valence-corrected chi connectivity index (χ0v) is 79.1. The minimum Gasteiger partial charge on any atom is -0.451 e. The van der Waals surface area contributed by atoms with Crippen molar-refractivity contribution >= 4 is 81.0 Å². The maximum Gasteiger partial charge on any atom is 0.340 e. The second kappa shape index (κ2) is 45.8. The molecule has 10 rings (SSSR count). The number of carbonyl (C=O) groups is 4. The molecule has 2 saturated carbocycles. The fourth-order valence-corrected chi connectivity index (χ4v) is 14.2. The molecule has 0 aliphatic heterocycles. The van der Waals surface area contributed by atoms with Gasteiger partial charge >= 0.3 is 23.9 Å². The summed E-state index contributed by atoms with van der Waals surface area (Å²) in [5.74, 6) is -0.429. The number of aromatic nitrogens is 8. The summed E-state index contributed by atoms with van der Waals surface area (Å²) < 4.78 is 65.3. The van der Waals surface area contributed by atoms with Crippen molar-refractivity contribution in [2.75, 3.05) is 18.7 Å². The lowest BCUT2D eigenvalue weighted by molar-refractivity contribution is -0.170. The van der Waals surface area contributed by atoms with Gasteiger partial charge in [0.1, 0.15) is 69.3 Å². The van der Waals surface area contributed by atoms with Crippen LogP contribution in [0.25, 0.3) is 45.3 Å². The van der Waals surface area contributed by atoms with Crippen LogP contribution in [0.1, 0.15) is 273 Å². The lowest BCUT2D eigenvalue weighted by atomic mass is 9.86. The van der Waals surface area contributed by atoms with Crippen molar-refractivity contribution < 1.29 is 61.5 Å². The Morgan fingerprint density at radius 3 is 0.817 bits per heavy atom. The fourth-order valence-electron chi connectivity index (χ4n) is 13.9. The molecule has 4 heterocycles. The zero-order chi connectivity index (χ0) is 93.3. The first-order valence-corrected chi connectivity index (χ1v) is 44.6. The molecule has 0 bridgehead atoms. The Kier molecular flexibility index (Phi) is 36.7. The molecule has 4 unspecified atom stereocenters. The van der Waals surface area contributed by atoms with Gasteiger partial charge in [0.2, 0.25) is 25.2 Å². The number of allylic oxidation sites excluding steroid dienone is 4. The van der Waals surface area contributed by atoms with Crippen LogP contribution in [0.15, 0.2) is 121 Å². The van der Waals surface area contributed by atoms with E-state index in [9.17, 15) is 44.6 Å². The number of benzene rings is 4. The van der Waals surface area contributed by atoms with Crippen molar-refractivity contribution in [2.45, 2.75) is 284 Å². The number of hydrogen-bond acceptors (Lipinski definition) is 21. The Morgan fingerprint density at radius 2 is 0.611 bits per heavy atom. The predicted octanol–water partition coefficient (Wildman–Crippen LogP) is 21.5. The first-order chi connectivity index (χ1) is 59.5. The Labute approximate surface area is 748 Å². The van der Waals surface area contributed by atoms with Gasteiger partial charge in [-0.3, -0.25) is 33.1 Å². The monoisotopic (exact) mass is 1740 g/mol. The van der Waals surface area contributed by atoms with Crippen molar-refractivity contribution in [3.8, 4) is 24.3 Å². The van der Waals surface area contributed by atoms with E-state index in [4.69, 9.17) is 37.9 Å². The molecule has 0 saturated heterocycles. The Balaban J connectivity index is 0.000000231. The highest BCUT2D eigenvalue weighted by molar-refractivity contribution is 7.99. The van der Waals surface area contributed by atoms with Crippen molar-refractivity contribution in [3.05, 3.63) is 211 Å². The molecule has 2 fully saturated rings. The summed E-state index contributed by atoms with van der Waals surface area (Å²) in [7, 11) is 0. The quantitative estimate of drug-likeness (QED) is 0.0138. The Hall–Kier alpha value is -12.0. The highest BCUT2D eigenvalue weighted by Gasteiger charge is 2.35. The molecule has 26 heteroatoms.